The van der Waals surface area contributed by atoms with E-state index in [0.717, 1.165) is 6.42 Å². The van der Waals surface area contributed by atoms with E-state index in [9.17, 15) is 0 Å². The van der Waals surface area contributed by atoms with E-state index in [2.05, 4.69) is 6.92 Å². The molecule has 1 fully saturated rings. The van der Waals surface area contributed by atoms with Gasteiger partial charge in [-0.15, -0.1) is 0 Å². The van der Waals surface area contributed by atoms with Crippen LogP contribution in [0.3, 0.4) is 0 Å². The Hall–Kier alpha value is 0.830. The van der Waals surface area contributed by atoms with Gasteiger partial charge in [0.15, 0.2) is 0 Å². The molecule has 12 heavy (non-hydrogen) atoms. The molecular weight excluding hydrogens is 218 g/mol. The first-order valence-corrected chi connectivity index (χ1v) is 5.11. The average molecular weight is 232 g/mol. The van der Waals surface area contributed by atoms with Gasteiger partial charge in [-0.3, -0.25) is 0 Å². The molecule has 0 aromatic carbocycles. The molecule has 1 nitrogen and oxygen atoms in total. The molecule has 0 saturated carbocycles. The lowest BCUT2D eigenvalue weighted by Crippen LogP contribution is -2.30. The van der Waals surface area contributed by atoms with Crippen LogP contribution >= 0.6 is 34.8 Å². The summed E-state index contributed by atoms with van der Waals surface area (Å²) in [4.78, 5) is 0. The Labute approximate surface area is 88.3 Å². The van der Waals surface area contributed by atoms with Crippen molar-refractivity contribution < 1.29 is 4.74 Å². The molecule has 0 aromatic rings. The summed E-state index contributed by atoms with van der Waals surface area (Å²) < 4.78 is 4.34. The fourth-order valence-electron chi connectivity index (χ4n) is 1.34. The first-order valence-electron chi connectivity index (χ1n) is 3.98. The highest BCUT2D eigenvalue weighted by atomic mass is 35.6. The molecule has 0 amide bonds. The van der Waals surface area contributed by atoms with Gasteiger partial charge in [0.2, 0.25) is 3.79 Å². The topological polar surface area (TPSA) is 9.23 Å². The summed E-state index contributed by atoms with van der Waals surface area (Å²) in [5.74, 6) is 0.429. The van der Waals surface area contributed by atoms with Crippen molar-refractivity contribution in [3.63, 3.8) is 0 Å². The molecule has 1 saturated heterocycles. The van der Waals surface area contributed by atoms with Crippen molar-refractivity contribution in [2.24, 2.45) is 5.92 Å². The van der Waals surface area contributed by atoms with Crippen LogP contribution in [0.15, 0.2) is 0 Å². The molecular formula is C8H13Cl3O. The quantitative estimate of drug-likeness (QED) is 0.579. The van der Waals surface area contributed by atoms with Crippen LogP contribution in [0.1, 0.15) is 27.2 Å². The summed E-state index contributed by atoms with van der Waals surface area (Å²) in [7, 11) is 0. The Morgan fingerprint density at radius 2 is 1.83 bits per heavy atom. The number of alkyl halides is 3. The van der Waals surface area contributed by atoms with E-state index < -0.39 is 3.79 Å². The van der Waals surface area contributed by atoms with Crippen molar-refractivity contribution in [3.05, 3.63) is 0 Å². The third kappa shape index (κ3) is 2.20. The minimum Gasteiger partial charge on any atom is -0.368 e. The summed E-state index contributed by atoms with van der Waals surface area (Å²) in [5.41, 5.74) is -0.172. The lowest BCUT2D eigenvalue weighted by atomic mass is 9.92. The van der Waals surface area contributed by atoms with Gasteiger partial charge in [0.25, 0.3) is 0 Å². The van der Waals surface area contributed by atoms with Gasteiger partial charge >= 0.3 is 0 Å². The van der Waals surface area contributed by atoms with Crippen LogP contribution < -0.4 is 0 Å². The fourth-order valence-corrected chi connectivity index (χ4v) is 1.74. The third-order valence-electron chi connectivity index (χ3n) is 2.57. The van der Waals surface area contributed by atoms with Crippen LogP contribution in [0.5, 0.6) is 0 Å². The van der Waals surface area contributed by atoms with E-state index in [1.54, 1.807) is 0 Å². The first-order chi connectivity index (χ1) is 5.23. The lowest BCUT2D eigenvalue weighted by Gasteiger charge is -2.25. The zero-order chi connectivity index (χ0) is 9.57. The Bertz CT molecular complexity index is 174. The van der Waals surface area contributed by atoms with Crippen LogP contribution in [-0.2, 0) is 4.74 Å². The highest BCUT2D eigenvalue weighted by Crippen LogP contribution is 2.45. The Balaban J connectivity index is 2.67. The van der Waals surface area contributed by atoms with Gasteiger partial charge < -0.3 is 4.74 Å². The van der Waals surface area contributed by atoms with Gasteiger partial charge in [0, 0.05) is 0 Å². The molecule has 0 spiro atoms. The van der Waals surface area contributed by atoms with Crippen LogP contribution in [0, 0.1) is 5.92 Å². The second-order valence-electron chi connectivity index (χ2n) is 3.89. The summed E-state index contributed by atoms with van der Waals surface area (Å²) in [5, 5.41) is 0. The van der Waals surface area contributed by atoms with Crippen LogP contribution in [0.25, 0.3) is 0 Å². The molecule has 2 atom stereocenters. The number of hydrogen-bond donors (Lipinski definition) is 0. The molecule has 0 bridgehead atoms. The van der Waals surface area contributed by atoms with Crippen molar-refractivity contribution in [1.29, 1.82) is 0 Å². The Morgan fingerprint density at radius 3 is 2.00 bits per heavy atom. The largest absolute Gasteiger partial charge is 0.368 e. The summed E-state index contributed by atoms with van der Waals surface area (Å²) in [6, 6.07) is 0. The van der Waals surface area contributed by atoms with Crippen molar-refractivity contribution in [3.8, 4) is 0 Å². The predicted octanol–water partition coefficient (Wildman–Crippen LogP) is 3.56. The van der Waals surface area contributed by atoms with E-state index in [1.165, 1.54) is 0 Å². The summed E-state index contributed by atoms with van der Waals surface area (Å²) in [6.45, 7) is 6.15. The van der Waals surface area contributed by atoms with Gasteiger partial charge in [-0.25, -0.2) is 0 Å². The van der Waals surface area contributed by atoms with Gasteiger partial charge in [0.05, 0.1) is 5.60 Å². The maximum absolute atomic E-state index is 5.74. The number of halogens is 3. The Morgan fingerprint density at radius 1 is 1.33 bits per heavy atom. The van der Waals surface area contributed by atoms with E-state index in [1.807, 2.05) is 13.8 Å². The highest BCUT2D eigenvalue weighted by Gasteiger charge is 2.47. The normalized spacial score (nSPS) is 35.5. The molecule has 4 heteroatoms. The van der Waals surface area contributed by atoms with Gasteiger partial charge in [-0.1, -0.05) is 41.7 Å². The lowest BCUT2D eigenvalue weighted by molar-refractivity contribution is -0.0270. The molecule has 0 aliphatic carbocycles. The Kier molecular flexibility index (Phi) is 2.91. The zero-order valence-electron chi connectivity index (χ0n) is 7.40. The van der Waals surface area contributed by atoms with Gasteiger partial charge in [-0.2, -0.15) is 0 Å². The molecule has 1 aliphatic rings. The summed E-state index contributed by atoms with van der Waals surface area (Å²) >= 11 is 17.2. The van der Waals surface area contributed by atoms with Crippen LogP contribution in [0.4, 0.5) is 0 Å². The van der Waals surface area contributed by atoms with E-state index in [4.69, 9.17) is 39.5 Å². The van der Waals surface area contributed by atoms with Crippen molar-refractivity contribution in [2.75, 3.05) is 0 Å². The molecule has 72 valence electrons. The molecule has 2 unspecified atom stereocenters. The molecule has 1 rings (SSSR count). The van der Waals surface area contributed by atoms with E-state index in [-0.39, 0.29) is 11.7 Å². The molecule has 1 heterocycles. The van der Waals surface area contributed by atoms with Gasteiger partial charge in [-0.05, 0) is 26.2 Å². The van der Waals surface area contributed by atoms with Gasteiger partial charge in [0.1, 0.15) is 6.10 Å². The fraction of sp³-hybridized carbons (Fsp3) is 1.00. The predicted molar refractivity (Wildman–Crippen MR) is 53.0 cm³/mol. The van der Waals surface area contributed by atoms with Crippen molar-refractivity contribution in [2.45, 2.75) is 42.7 Å². The maximum atomic E-state index is 5.74. The molecule has 0 radical (unpaired) electrons. The smallest absolute Gasteiger partial charge is 0.216 e. The third-order valence-corrected chi connectivity index (χ3v) is 3.30. The summed E-state index contributed by atoms with van der Waals surface area (Å²) in [6.07, 6.45) is 0.538. The van der Waals surface area contributed by atoms with Crippen molar-refractivity contribution in [1.82, 2.24) is 0 Å². The monoisotopic (exact) mass is 230 g/mol. The second kappa shape index (κ2) is 3.20. The van der Waals surface area contributed by atoms with Crippen LogP contribution in [-0.4, -0.2) is 15.5 Å². The highest BCUT2D eigenvalue weighted by molar-refractivity contribution is 6.68. The standard InChI is InChI=1S/C8H13Cl3O/c1-5-4-6(8(9,10)11)12-7(5,2)3/h5-6H,4H2,1-3H3. The zero-order valence-corrected chi connectivity index (χ0v) is 9.67. The SMILES string of the molecule is CC1CC(C(Cl)(Cl)Cl)OC1(C)C. The van der Waals surface area contributed by atoms with E-state index >= 15 is 0 Å². The number of ether oxygens (including phenoxy) is 1. The average Bonchev–Trinajstić information content (AvgIpc) is 2.06. The van der Waals surface area contributed by atoms with Crippen LogP contribution in [0.2, 0.25) is 0 Å². The molecule has 0 aromatic heterocycles. The molecule has 0 N–H and O–H groups in total. The van der Waals surface area contributed by atoms with Crippen molar-refractivity contribution >= 4 is 34.8 Å². The minimum absolute atomic E-state index is 0.172. The number of rotatable bonds is 0. The second-order valence-corrected chi connectivity index (χ2v) is 6.26. The molecule has 1 aliphatic heterocycles. The maximum Gasteiger partial charge on any atom is 0.216 e. The number of hydrogen-bond acceptors (Lipinski definition) is 1. The minimum atomic E-state index is -1.29. The van der Waals surface area contributed by atoms with E-state index in [0.29, 0.717) is 5.92 Å². The first kappa shape index (κ1) is 10.9.